The quantitative estimate of drug-likeness (QED) is 0.805. The molecule has 4 heteroatoms. The van der Waals surface area contributed by atoms with Gasteiger partial charge in [-0.25, -0.2) is 4.98 Å². The largest absolute Gasteiger partial charge is 0.324 e. The Bertz CT molecular complexity index is 366. The standard InChI is InChI=1S/C11H15ClN2O/c1-4-7(2)11(15)14-9-6-13-10(12)5-8(9)3/h5-7H,4H2,1-3H3,(H,14,15). The molecule has 1 amide bonds. The van der Waals surface area contributed by atoms with E-state index in [0.717, 1.165) is 17.7 Å². The van der Waals surface area contributed by atoms with E-state index in [1.807, 2.05) is 20.8 Å². The molecule has 0 fully saturated rings. The molecule has 0 radical (unpaired) electrons. The van der Waals surface area contributed by atoms with Gasteiger partial charge >= 0.3 is 0 Å². The predicted octanol–water partition coefficient (Wildman–Crippen LogP) is 3.03. The number of amides is 1. The summed E-state index contributed by atoms with van der Waals surface area (Å²) < 4.78 is 0. The summed E-state index contributed by atoms with van der Waals surface area (Å²) in [5.74, 6) is 0.0322. The second-order valence-corrected chi connectivity index (χ2v) is 4.01. The first-order valence-corrected chi connectivity index (χ1v) is 5.35. The topological polar surface area (TPSA) is 42.0 Å². The Morgan fingerprint density at radius 3 is 2.87 bits per heavy atom. The van der Waals surface area contributed by atoms with Crippen molar-refractivity contribution in [3.8, 4) is 0 Å². The highest BCUT2D eigenvalue weighted by Crippen LogP contribution is 2.17. The summed E-state index contributed by atoms with van der Waals surface area (Å²) in [6.07, 6.45) is 2.41. The van der Waals surface area contributed by atoms with Gasteiger partial charge in [-0.15, -0.1) is 0 Å². The number of hydrogen-bond acceptors (Lipinski definition) is 2. The maximum absolute atomic E-state index is 11.6. The van der Waals surface area contributed by atoms with Crippen LogP contribution in [0.5, 0.6) is 0 Å². The van der Waals surface area contributed by atoms with E-state index in [4.69, 9.17) is 11.6 Å². The second-order valence-electron chi connectivity index (χ2n) is 3.62. The maximum atomic E-state index is 11.6. The molecule has 0 aliphatic heterocycles. The fourth-order valence-corrected chi connectivity index (χ4v) is 1.31. The molecule has 0 saturated carbocycles. The molecule has 1 aromatic rings. The lowest BCUT2D eigenvalue weighted by atomic mass is 10.1. The van der Waals surface area contributed by atoms with Crippen LogP contribution in [0.1, 0.15) is 25.8 Å². The molecular formula is C11H15ClN2O. The minimum atomic E-state index is 0.0140. The smallest absolute Gasteiger partial charge is 0.227 e. The molecule has 1 rings (SSSR count). The number of hydrogen-bond donors (Lipinski definition) is 1. The lowest BCUT2D eigenvalue weighted by Crippen LogP contribution is -2.20. The number of nitrogens with zero attached hydrogens (tertiary/aromatic N) is 1. The average Bonchev–Trinajstić information content (AvgIpc) is 2.20. The number of nitrogens with one attached hydrogen (secondary N) is 1. The van der Waals surface area contributed by atoms with Crippen LogP contribution in [0, 0.1) is 12.8 Å². The van der Waals surface area contributed by atoms with Crippen LogP contribution in [-0.2, 0) is 4.79 Å². The van der Waals surface area contributed by atoms with Crippen molar-refractivity contribution >= 4 is 23.2 Å². The zero-order valence-corrected chi connectivity index (χ0v) is 9.93. The van der Waals surface area contributed by atoms with Gasteiger partial charge in [0.25, 0.3) is 0 Å². The van der Waals surface area contributed by atoms with Crippen LogP contribution in [0.2, 0.25) is 5.15 Å². The number of halogens is 1. The van der Waals surface area contributed by atoms with Crippen LogP contribution in [0.3, 0.4) is 0 Å². The third-order valence-corrected chi connectivity index (χ3v) is 2.60. The molecule has 1 heterocycles. The van der Waals surface area contributed by atoms with E-state index in [0.29, 0.717) is 5.15 Å². The summed E-state index contributed by atoms with van der Waals surface area (Å²) in [5.41, 5.74) is 1.65. The number of aromatic nitrogens is 1. The van der Waals surface area contributed by atoms with Gasteiger partial charge < -0.3 is 5.32 Å². The van der Waals surface area contributed by atoms with Gasteiger partial charge in [0.15, 0.2) is 0 Å². The van der Waals surface area contributed by atoms with Gasteiger partial charge in [0, 0.05) is 5.92 Å². The highest BCUT2D eigenvalue weighted by molar-refractivity contribution is 6.29. The highest BCUT2D eigenvalue weighted by Gasteiger charge is 2.11. The second kappa shape index (κ2) is 5.12. The van der Waals surface area contributed by atoms with Crippen molar-refractivity contribution in [2.45, 2.75) is 27.2 Å². The van der Waals surface area contributed by atoms with Gasteiger partial charge in [-0.3, -0.25) is 4.79 Å². The summed E-state index contributed by atoms with van der Waals surface area (Å²) >= 11 is 5.72. The molecule has 1 aromatic heterocycles. The van der Waals surface area contributed by atoms with E-state index >= 15 is 0 Å². The molecule has 1 unspecified atom stereocenters. The van der Waals surface area contributed by atoms with Gasteiger partial charge in [0.05, 0.1) is 11.9 Å². The van der Waals surface area contributed by atoms with Crippen LogP contribution < -0.4 is 5.32 Å². The maximum Gasteiger partial charge on any atom is 0.227 e. The molecule has 15 heavy (non-hydrogen) atoms. The summed E-state index contributed by atoms with van der Waals surface area (Å²) in [5, 5.41) is 3.27. The molecule has 82 valence electrons. The SMILES string of the molecule is CCC(C)C(=O)Nc1cnc(Cl)cc1C. The van der Waals surface area contributed by atoms with Crippen LogP contribution in [0.15, 0.2) is 12.3 Å². The van der Waals surface area contributed by atoms with Crippen molar-refractivity contribution in [1.29, 1.82) is 0 Å². The van der Waals surface area contributed by atoms with E-state index < -0.39 is 0 Å². The van der Waals surface area contributed by atoms with Crippen molar-refractivity contribution in [2.75, 3.05) is 5.32 Å². The third-order valence-electron chi connectivity index (χ3n) is 2.40. The minimum absolute atomic E-state index is 0.0140. The monoisotopic (exact) mass is 226 g/mol. The molecule has 1 N–H and O–H groups in total. The van der Waals surface area contributed by atoms with Crippen molar-refractivity contribution in [3.63, 3.8) is 0 Å². The van der Waals surface area contributed by atoms with Gasteiger partial charge in [-0.1, -0.05) is 25.4 Å². The molecule has 1 atom stereocenters. The van der Waals surface area contributed by atoms with E-state index in [2.05, 4.69) is 10.3 Å². The normalized spacial score (nSPS) is 12.3. The first kappa shape index (κ1) is 12.0. The van der Waals surface area contributed by atoms with E-state index in [9.17, 15) is 4.79 Å². The lowest BCUT2D eigenvalue weighted by molar-refractivity contribution is -0.119. The highest BCUT2D eigenvalue weighted by atomic mass is 35.5. The molecule has 0 aliphatic carbocycles. The van der Waals surface area contributed by atoms with Crippen LogP contribution in [0.4, 0.5) is 5.69 Å². The molecule has 3 nitrogen and oxygen atoms in total. The zero-order valence-electron chi connectivity index (χ0n) is 9.17. The number of anilines is 1. The Morgan fingerprint density at radius 1 is 1.67 bits per heavy atom. The van der Waals surface area contributed by atoms with Crippen LogP contribution in [-0.4, -0.2) is 10.9 Å². The van der Waals surface area contributed by atoms with Crippen LogP contribution in [0.25, 0.3) is 0 Å². The van der Waals surface area contributed by atoms with Crippen molar-refractivity contribution in [1.82, 2.24) is 4.98 Å². The van der Waals surface area contributed by atoms with Crippen molar-refractivity contribution in [2.24, 2.45) is 5.92 Å². The van der Waals surface area contributed by atoms with E-state index in [1.54, 1.807) is 12.3 Å². The summed E-state index contributed by atoms with van der Waals surface area (Å²) in [6, 6.07) is 1.73. The van der Waals surface area contributed by atoms with E-state index in [1.165, 1.54) is 0 Å². The Labute approximate surface area is 94.9 Å². The molecule has 0 bridgehead atoms. The zero-order chi connectivity index (χ0) is 11.4. The summed E-state index contributed by atoms with van der Waals surface area (Å²) in [4.78, 5) is 15.5. The molecule has 0 spiro atoms. The Kier molecular flexibility index (Phi) is 4.09. The summed E-state index contributed by atoms with van der Waals surface area (Å²) in [7, 11) is 0. The number of aryl methyl sites for hydroxylation is 1. The van der Waals surface area contributed by atoms with Gasteiger partial charge in [0.1, 0.15) is 5.15 Å². The fourth-order valence-electron chi connectivity index (χ4n) is 1.09. The number of rotatable bonds is 3. The number of pyridine rings is 1. The minimum Gasteiger partial charge on any atom is -0.324 e. The first-order valence-electron chi connectivity index (χ1n) is 4.97. The fraction of sp³-hybridized carbons (Fsp3) is 0.455. The Morgan fingerprint density at radius 2 is 2.33 bits per heavy atom. The third kappa shape index (κ3) is 3.20. The van der Waals surface area contributed by atoms with Gasteiger partial charge in [-0.05, 0) is 25.0 Å². The van der Waals surface area contributed by atoms with Crippen LogP contribution >= 0.6 is 11.6 Å². The van der Waals surface area contributed by atoms with Gasteiger partial charge in [0.2, 0.25) is 5.91 Å². The average molecular weight is 227 g/mol. The Balaban J connectivity index is 2.77. The lowest BCUT2D eigenvalue weighted by Gasteiger charge is -2.11. The first-order chi connectivity index (χ1) is 7.04. The molecule has 0 aliphatic rings. The van der Waals surface area contributed by atoms with E-state index in [-0.39, 0.29) is 11.8 Å². The number of carbonyl (C=O) groups excluding carboxylic acids is 1. The van der Waals surface area contributed by atoms with Gasteiger partial charge in [-0.2, -0.15) is 0 Å². The Hall–Kier alpha value is -1.09. The molecule has 0 aromatic carbocycles. The number of carbonyl (C=O) groups is 1. The molecular weight excluding hydrogens is 212 g/mol. The predicted molar refractivity (Wildman–Crippen MR) is 62.1 cm³/mol. The molecule has 0 saturated heterocycles. The summed E-state index contributed by atoms with van der Waals surface area (Å²) in [6.45, 7) is 5.77. The van der Waals surface area contributed by atoms with Crippen molar-refractivity contribution < 1.29 is 4.79 Å². The van der Waals surface area contributed by atoms with Crippen molar-refractivity contribution in [3.05, 3.63) is 23.0 Å².